The number of fused-ring (bicyclic) bond motifs is 1. The summed E-state index contributed by atoms with van der Waals surface area (Å²) in [7, 11) is 0. The van der Waals surface area contributed by atoms with Gasteiger partial charge in [0.1, 0.15) is 5.54 Å². The van der Waals surface area contributed by atoms with Gasteiger partial charge in [-0.25, -0.2) is 0 Å². The van der Waals surface area contributed by atoms with Gasteiger partial charge >= 0.3 is 0 Å². The molecule has 8 nitrogen and oxygen atoms in total. The van der Waals surface area contributed by atoms with Crippen LogP contribution in [0.2, 0.25) is 0 Å². The van der Waals surface area contributed by atoms with E-state index in [9.17, 15) is 24.0 Å². The summed E-state index contributed by atoms with van der Waals surface area (Å²) in [6.45, 7) is 1.64. The molecule has 5 amide bonds. The minimum absolute atomic E-state index is 0.0398. The van der Waals surface area contributed by atoms with Crippen LogP contribution in [0.15, 0.2) is 18.2 Å². The van der Waals surface area contributed by atoms with Gasteiger partial charge in [-0.15, -0.1) is 0 Å². The number of piperidine rings is 1. The zero-order valence-electron chi connectivity index (χ0n) is 14.8. The number of hydrogen-bond donors (Lipinski definition) is 2. The maximum Gasteiger partial charge on any atom is 0.262 e. The van der Waals surface area contributed by atoms with E-state index in [1.54, 1.807) is 12.1 Å². The Morgan fingerprint density at radius 3 is 2.63 bits per heavy atom. The Balaban J connectivity index is 1.64. The number of imide groups is 2. The van der Waals surface area contributed by atoms with Crippen molar-refractivity contribution >= 4 is 29.5 Å². The molecule has 0 aromatic heterocycles. The number of hydrogen-bond acceptors (Lipinski definition) is 5. The minimum Gasteiger partial charge on any atom is -0.352 e. The van der Waals surface area contributed by atoms with Crippen molar-refractivity contribution < 1.29 is 24.0 Å². The molecule has 2 heterocycles. The number of benzene rings is 1. The van der Waals surface area contributed by atoms with Crippen LogP contribution in [0.25, 0.3) is 0 Å². The second kappa shape index (κ2) is 6.00. The first-order valence-corrected chi connectivity index (χ1v) is 8.95. The van der Waals surface area contributed by atoms with Crippen LogP contribution in [0, 0.1) is 5.92 Å². The van der Waals surface area contributed by atoms with Crippen molar-refractivity contribution in [3.8, 4) is 0 Å². The first-order chi connectivity index (χ1) is 12.8. The molecule has 1 saturated carbocycles. The smallest absolute Gasteiger partial charge is 0.262 e. The zero-order chi connectivity index (χ0) is 19.3. The van der Waals surface area contributed by atoms with Crippen LogP contribution in [0.3, 0.4) is 0 Å². The molecule has 2 fully saturated rings. The summed E-state index contributed by atoms with van der Waals surface area (Å²) in [6, 6.07) is 4.88. The number of carbonyl (C=O) groups is 5. The summed E-state index contributed by atoms with van der Waals surface area (Å²) in [5.74, 6) is -2.22. The molecule has 1 aromatic rings. The Labute approximate surface area is 155 Å². The van der Waals surface area contributed by atoms with E-state index in [1.807, 2.05) is 0 Å². The van der Waals surface area contributed by atoms with Crippen LogP contribution in [0.1, 0.15) is 58.9 Å². The van der Waals surface area contributed by atoms with Gasteiger partial charge in [-0.2, -0.15) is 0 Å². The molecule has 27 heavy (non-hydrogen) atoms. The summed E-state index contributed by atoms with van der Waals surface area (Å²) in [6.07, 6.45) is 1.88. The van der Waals surface area contributed by atoms with Gasteiger partial charge in [0, 0.05) is 18.9 Å². The summed E-state index contributed by atoms with van der Waals surface area (Å²) in [5.41, 5.74) is -0.456. The quantitative estimate of drug-likeness (QED) is 0.751. The van der Waals surface area contributed by atoms with Crippen molar-refractivity contribution in [1.82, 2.24) is 15.5 Å². The van der Waals surface area contributed by atoms with E-state index in [2.05, 4.69) is 10.6 Å². The highest BCUT2D eigenvalue weighted by atomic mass is 16.2. The zero-order valence-corrected chi connectivity index (χ0v) is 14.8. The van der Waals surface area contributed by atoms with Crippen LogP contribution in [-0.4, -0.2) is 40.0 Å². The average Bonchev–Trinajstić information content (AvgIpc) is 3.44. The third-order valence-electron chi connectivity index (χ3n) is 5.48. The molecule has 0 bridgehead atoms. The molecule has 1 aliphatic carbocycles. The van der Waals surface area contributed by atoms with Gasteiger partial charge in [-0.1, -0.05) is 12.1 Å². The predicted molar refractivity (Wildman–Crippen MR) is 92.3 cm³/mol. The van der Waals surface area contributed by atoms with Crippen molar-refractivity contribution in [2.45, 2.75) is 44.7 Å². The highest BCUT2D eigenvalue weighted by Gasteiger charge is 2.53. The van der Waals surface area contributed by atoms with Crippen molar-refractivity contribution in [2.75, 3.05) is 0 Å². The third kappa shape index (κ3) is 2.72. The van der Waals surface area contributed by atoms with Crippen molar-refractivity contribution in [2.24, 2.45) is 5.92 Å². The fourth-order valence-corrected chi connectivity index (χ4v) is 3.63. The van der Waals surface area contributed by atoms with Gasteiger partial charge in [0.25, 0.3) is 17.7 Å². The van der Waals surface area contributed by atoms with Crippen molar-refractivity contribution in [1.29, 1.82) is 0 Å². The monoisotopic (exact) mass is 369 g/mol. The van der Waals surface area contributed by atoms with Gasteiger partial charge in [0.2, 0.25) is 11.8 Å². The van der Waals surface area contributed by atoms with Crippen LogP contribution in [0.5, 0.6) is 0 Å². The Morgan fingerprint density at radius 2 is 1.96 bits per heavy atom. The van der Waals surface area contributed by atoms with Gasteiger partial charge in [-0.05, 0) is 37.8 Å². The normalized spacial score (nSPS) is 24.7. The molecule has 0 spiro atoms. The fraction of sp³-hybridized carbons (Fsp3) is 0.421. The van der Waals surface area contributed by atoms with Gasteiger partial charge in [-0.3, -0.25) is 34.2 Å². The lowest BCUT2D eigenvalue weighted by Crippen LogP contribution is -2.62. The van der Waals surface area contributed by atoms with E-state index in [0.29, 0.717) is 5.56 Å². The van der Waals surface area contributed by atoms with E-state index in [4.69, 9.17) is 0 Å². The summed E-state index contributed by atoms with van der Waals surface area (Å²) < 4.78 is 0. The predicted octanol–water partition coefficient (Wildman–Crippen LogP) is 0.504. The van der Waals surface area contributed by atoms with Crippen LogP contribution in [-0.2, 0) is 20.9 Å². The maximum atomic E-state index is 13.1. The fourth-order valence-electron chi connectivity index (χ4n) is 3.63. The summed E-state index contributed by atoms with van der Waals surface area (Å²) in [4.78, 5) is 62.7. The lowest BCUT2D eigenvalue weighted by atomic mass is 9.89. The molecule has 1 atom stereocenters. The lowest BCUT2D eigenvalue weighted by Gasteiger charge is -2.38. The standard InChI is InChI=1S/C19H19N3O5/c1-19(8-7-13(23)21-18(19)27)22-16(25)12-4-2-3-11(14(12)17(22)26)9-20-15(24)10-5-6-10/h2-4,10H,5-9H2,1H3,(H,20,24)(H,21,23,27)/t19-/m0/s1. The number of amides is 5. The number of carbonyl (C=O) groups excluding carboxylic acids is 5. The lowest BCUT2D eigenvalue weighted by molar-refractivity contribution is -0.141. The average molecular weight is 369 g/mol. The van der Waals surface area contributed by atoms with E-state index in [0.717, 1.165) is 17.7 Å². The van der Waals surface area contributed by atoms with Crippen molar-refractivity contribution in [3.05, 3.63) is 34.9 Å². The SMILES string of the molecule is C[C@]1(N2C(=O)c3cccc(CNC(=O)C4CC4)c3C2=O)CCC(=O)NC1=O. The molecule has 0 radical (unpaired) electrons. The number of nitrogens with zero attached hydrogens (tertiary/aromatic N) is 1. The molecule has 3 aliphatic rings. The first-order valence-electron chi connectivity index (χ1n) is 8.95. The number of nitrogens with one attached hydrogen (secondary N) is 2. The maximum absolute atomic E-state index is 13.1. The highest BCUT2D eigenvalue weighted by Crippen LogP contribution is 2.35. The summed E-state index contributed by atoms with van der Waals surface area (Å²) in [5, 5.41) is 5.01. The van der Waals surface area contributed by atoms with E-state index in [1.165, 1.54) is 13.0 Å². The van der Waals surface area contributed by atoms with Crippen molar-refractivity contribution in [3.63, 3.8) is 0 Å². The number of rotatable bonds is 4. The van der Waals surface area contributed by atoms with E-state index < -0.39 is 29.2 Å². The van der Waals surface area contributed by atoms with E-state index >= 15 is 0 Å². The Kier molecular flexibility index (Phi) is 3.87. The molecule has 0 unspecified atom stereocenters. The van der Waals surface area contributed by atoms with E-state index in [-0.39, 0.29) is 42.3 Å². The van der Waals surface area contributed by atoms with Crippen LogP contribution in [0.4, 0.5) is 0 Å². The third-order valence-corrected chi connectivity index (χ3v) is 5.48. The molecule has 1 aromatic carbocycles. The first kappa shape index (κ1) is 17.4. The highest BCUT2D eigenvalue weighted by molar-refractivity contribution is 6.24. The largest absolute Gasteiger partial charge is 0.352 e. The molecule has 1 saturated heterocycles. The molecular weight excluding hydrogens is 350 g/mol. The molecule has 4 rings (SSSR count). The molecule has 2 aliphatic heterocycles. The Bertz CT molecular complexity index is 905. The minimum atomic E-state index is -1.42. The summed E-state index contributed by atoms with van der Waals surface area (Å²) >= 11 is 0. The molecular formula is C19H19N3O5. The van der Waals surface area contributed by atoms with Crippen LogP contribution >= 0.6 is 0 Å². The topological polar surface area (TPSA) is 113 Å². The van der Waals surface area contributed by atoms with Gasteiger partial charge < -0.3 is 5.32 Å². The Hall–Kier alpha value is -3.03. The second-order valence-electron chi connectivity index (χ2n) is 7.43. The van der Waals surface area contributed by atoms with Gasteiger partial charge in [0.05, 0.1) is 11.1 Å². The molecule has 140 valence electrons. The second-order valence-corrected chi connectivity index (χ2v) is 7.43. The van der Waals surface area contributed by atoms with Crippen LogP contribution < -0.4 is 10.6 Å². The molecule has 8 heteroatoms. The molecule has 2 N–H and O–H groups in total. The van der Waals surface area contributed by atoms with Gasteiger partial charge in [0.15, 0.2) is 0 Å². The Morgan fingerprint density at radius 1 is 1.22 bits per heavy atom.